The second-order valence-electron chi connectivity index (χ2n) is 3.93. The molecule has 1 aliphatic rings. The number of aliphatic hydroxyl groups excluding tert-OH is 1. The highest BCUT2D eigenvalue weighted by molar-refractivity contribution is 5.95. The Hall–Kier alpha value is -1.49. The van der Waals surface area contributed by atoms with Gasteiger partial charge in [0.15, 0.2) is 0 Å². The molecule has 1 heterocycles. The molecular formula is C12H12F2O3. The number of unbranched alkanes of at least 4 members (excludes halogenated alkanes) is 1. The van der Waals surface area contributed by atoms with Crippen molar-refractivity contribution in [2.75, 3.05) is 6.61 Å². The number of benzene rings is 1. The third kappa shape index (κ3) is 2.15. The first-order chi connectivity index (χ1) is 8.15. The van der Waals surface area contributed by atoms with Crippen LogP contribution >= 0.6 is 0 Å². The van der Waals surface area contributed by atoms with Gasteiger partial charge in [-0.2, -0.15) is 0 Å². The van der Waals surface area contributed by atoms with Crippen molar-refractivity contribution < 1.29 is 23.4 Å². The molecule has 1 aliphatic heterocycles. The molecule has 0 fully saturated rings. The zero-order valence-electron chi connectivity index (χ0n) is 9.13. The van der Waals surface area contributed by atoms with Crippen LogP contribution in [0.5, 0.6) is 0 Å². The lowest BCUT2D eigenvalue weighted by molar-refractivity contribution is 0.0533. The number of fused-ring (bicyclic) bond motifs is 1. The normalized spacial score (nSPS) is 13.7. The summed E-state index contributed by atoms with van der Waals surface area (Å²) in [5, 5.41) is 8.66. The highest BCUT2D eigenvalue weighted by atomic mass is 19.1. The Kier molecular flexibility index (Phi) is 3.38. The van der Waals surface area contributed by atoms with Crippen LogP contribution in [0.3, 0.4) is 0 Å². The number of cyclic esters (lactones) is 1. The summed E-state index contributed by atoms with van der Waals surface area (Å²) in [6.07, 6.45) is 1.35. The first-order valence-electron chi connectivity index (χ1n) is 5.43. The molecule has 1 aromatic carbocycles. The van der Waals surface area contributed by atoms with E-state index in [4.69, 9.17) is 9.84 Å². The highest BCUT2D eigenvalue weighted by Crippen LogP contribution is 2.29. The van der Waals surface area contributed by atoms with E-state index in [2.05, 4.69) is 0 Å². The van der Waals surface area contributed by atoms with E-state index in [1.807, 2.05) is 0 Å². The van der Waals surface area contributed by atoms with Gasteiger partial charge < -0.3 is 9.84 Å². The quantitative estimate of drug-likeness (QED) is 0.648. The Bertz CT molecular complexity index is 458. The minimum Gasteiger partial charge on any atom is -0.457 e. The largest absolute Gasteiger partial charge is 0.457 e. The van der Waals surface area contributed by atoms with Gasteiger partial charge in [-0.05, 0) is 19.3 Å². The van der Waals surface area contributed by atoms with Crippen LogP contribution in [0.15, 0.2) is 6.07 Å². The van der Waals surface area contributed by atoms with Crippen LogP contribution in [0.2, 0.25) is 0 Å². The van der Waals surface area contributed by atoms with E-state index in [1.54, 1.807) is 0 Å². The summed E-state index contributed by atoms with van der Waals surface area (Å²) in [6, 6.07) is 0.787. The molecule has 0 saturated heterocycles. The van der Waals surface area contributed by atoms with Crippen LogP contribution in [0.25, 0.3) is 0 Å². The molecule has 92 valence electrons. The maximum Gasteiger partial charge on any atom is 0.339 e. The van der Waals surface area contributed by atoms with Crippen molar-refractivity contribution in [1.29, 1.82) is 0 Å². The van der Waals surface area contributed by atoms with E-state index in [0.29, 0.717) is 19.3 Å². The molecule has 0 bridgehead atoms. The van der Waals surface area contributed by atoms with Crippen LogP contribution in [-0.4, -0.2) is 17.7 Å². The number of rotatable bonds is 4. The van der Waals surface area contributed by atoms with Crippen LogP contribution in [0.1, 0.15) is 34.3 Å². The van der Waals surface area contributed by atoms with Gasteiger partial charge in [0.2, 0.25) is 0 Å². The average Bonchev–Trinajstić information content (AvgIpc) is 2.66. The van der Waals surface area contributed by atoms with Gasteiger partial charge >= 0.3 is 5.97 Å². The summed E-state index contributed by atoms with van der Waals surface area (Å²) in [6.45, 7) is -0.122. The summed E-state index contributed by atoms with van der Waals surface area (Å²) >= 11 is 0. The number of carbonyl (C=O) groups is 1. The van der Waals surface area contributed by atoms with Gasteiger partial charge in [-0.1, -0.05) is 0 Å². The van der Waals surface area contributed by atoms with Crippen molar-refractivity contribution in [3.63, 3.8) is 0 Å². The molecule has 1 N–H and O–H groups in total. The molecule has 0 radical (unpaired) electrons. The summed E-state index contributed by atoms with van der Waals surface area (Å²) in [5.41, 5.74) is 0.355. The number of hydrogen-bond donors (Lipinski definition) is 1. The minimum atomic E-state index is -0.741. The van der Waals surface area contributed by atoms with Crippen LogP contribution in [0, 0.1) is 11.6 Å². The number of esters is 1. The zero-order chi connectivity index (χ0) is 12.4. The molecule has 1 aromatic rings. The summed E-state index contributed by atoms with van der Waals surface area (Å²) < 4.78 is 31.7. The second-order valence-corrected chi connectivity index (χ2v) is 3.93. The zero-order valence-corrected chi connectivity index (χ0v) is 9.13. The first-order valence-corrected chi connectivity index (χ1v) is 5.43. The Morgan fingerprint density at radius 2 is 2.06 bits per heavy atom. The molecule has 0 aromatic heterocycles. The lowest BCUT2D eigenvalue weighted by atomic mass is 9.97. The van der Waals surface area contributed by atoms with Gasteiger partial charge in [-0.25, -0.2) is 13.6 Å². The predicted octanol–water partition coefficient (Wildman–Crippen LogP) is 1.95. The van der Waals surface area contributed by atoms with E-state index in [9.17, 15) is 13.6 Å². The van der Waals surface area contributed by atoms with Crippen molar-refractivity contribution in [3.05, 3.63) is 34.4 Å². The summed E-state index contributed by atoms with van der Waals surface area (Å²) in [7, 11) is 0. The monoisotopic (exact) mass is 242 g/mol. The summed E-state index contributed by atoms with van der Waals surface area (Å²) in [4.78, 5) is 11.4. The van der Waals surface area contributed by atoms with Crippen LogP contribution in [0.4, 0.5) is 8.78 Å². The number of aliphatic hydroxyl groups is 1. The van der Waals surface area contributed by atoms with Gasteiger partial charge in [-0.3, -0.25) is 0 Å². The molecule has 0 spiro atoms. The number of hydrogen-bond acceptors (Lipinski definition) is 3. The third-order valence-corrected chi connectivity index (χ3v) is 2.82. The Morgan fingerprint density at radius 3 is 2.76 bits per heavy atom. The standard InChI is InChI=1S/C12H12F2O3/c13-9-5-10(14)8-6-17-12(16)11(8)7(9)3-1-2-4-15/h5,15H,1-4,6H2. The molecule has 0 atom stereocenters. The topological polar surface area (TPSA) is 46.5 Å². The van der Waals surface area contributed by atoms with Gasteiger partial charge in [0.1, 0.15) is 18.2 Å². The number of carbonyl (C=O) groups excluding carboxylic acids is 1. The molecule has 5 heteroatoms. The van der Waals surface area contributed by atoms with E-state index >= 15 is 0 Å². The van der Waals surface area contributed by atoms with Crippen LogP contribution in [-0.2, 0) is 17.8 Å². The second kappa shape index (κ2) is 4.79. The molecule has 3 nitrogen and oxygen atoms in total. The fraction of sp³-hybridized carbons (Fsp3) is 0.417. The van der Waals surface area contributed by atoms with Crippen molar-refractivity contribution in [2.45, 2.75) is 25.9 Å². The van der Waals surface area contributed by atoms with E-state index < -0.39 is 17.6 Å². The molecule has 0 saturated carbocycles. The highest BCUT2D eigenvalue weighted by Gasteiger charge is 2.29. The van der Waals surface area contributed by atoms with E-state index in [-0.39, 0.29) is 29.9 Å². The van der Waals surface area contributed by atoms with E-state index in [0.717, 1.165) is 6.07 Å². The Labute approximate surface area is 97.0 Å². The SMILES string of the molecule is O=C1OCc2c(F)cc(F)c(CCCCO)c21. The van der Waals surface area contributed by atoms with Gasteiger partial charge in [0, 0.05) is 23.8 Å². The predicted molar refractivity (Wildman–Crippen MR) is 55.5 cm³/mol. The molecule has 17 heavy (non-hydrogen) atoms. The average molecular weight is 242 g/mol. The molecule has 0 amide bonds. The van der Waals surface area contributed by atoms with Crippen molar-refractivity contribution in [1.82, 2.24) is 0 Å². The lowest BCUT2D eigenvalue weighted by Gasteiger charge is -2.07. The van der Waals surface area contributed by atoms with Crippen molar-refractivity contribution >= 4 is 5.97 Å². The maximum atomic E-state index is 13.6. The van der Waals surface area contributed by atoms with Gasteiger partial charge in [-0.15, -0.1) is 0 Å². The van der Waals surface area contributed by atoms with Crippen molar-refractivity contribution in [2.24, 2.45) is 0 Å². The van der Waals surface area contributed by atoms with E-state index in [1.165, 1.54) is 0 Å². The van der Waals surface area contributed by atoms with Gasteiger partial charge in [0.25, 0.3) is 0 Å². The summed E-state index contributed by atoms with van der Waals surface area (Å²) in [5.74, 6) is -2.13. The smallest absolute Gasteiger partial charge is 0.339 e. The minimum absolute atomic E-state index is 0.00938. The molecule has 2 rings (SSSR count). The fourth-order valence-corrected chi connectivity index (χ4v) is 1.96. The molecule has 0 aliphatic carbocycles. The lowest BCUT2D eigenvalue weighted by Crippen LogP contribution is -2.06. The van der Waals surface area contributed by atoms with Gasteiger partial charge in [0.05, 0.1) is 5.56 Å². The first kappa shape index (κ1) is 12.0. The molecular weight excluding hydrogens is 230 g/mol. The Balaban J connectivity index is 2.37. The molecule has 0 unspecified atom stereocenters. The Morgan fingerprint density at radius 1 is 1.29 bits per heavy atom. The number of halogens is 2. The van der Waals surface area contributed by atoms with Crippen molar-refractivity contribution in [3.8, 4) is 0 Å². The fourth-order valence-electron chi connectivity index (χ4n) is 1.96. The maximum absolute atomic E-state index is 13.6. The van der Waals surface area contributed by atoms with Crippen LogP contribution < -0.4 is 0 Å². The number of ether oxygens (including phenoxy) is 1. The third-order valence-electron chi connectivity index (χ3n) is 2.82.